The van der Waals surface area contributed by atoms with E-state index in [0.29, 0.717) is 32.5 Å². The molecule has 1 amide bonds. The van der Waals surface area contributed by atoms with Crippen LogP contribution in [0.4, 0.5) is 0 Å². The number of hydrogen-bond acceptors (Lipinski definition) is 5. The number of nitrogens with two attached hydrogens (primary N) is 1. The highest BCUT2D eigenvalue weighted by atomic mass is 32.2. The number of carbonyl (C=O) groups is 1. The predicted octanol–water partition coefficient (Wildman–Crippen LogP) is -0.367. The molecule has 2 atom stereocenters. The number of ether oxygens (including phenoxy) is 1. The topological polar surface area (TPSA) is 89.7 Å². The maximum Gasteiger partial charge on any atom is 0.225 e. The van der Waals surface area contributed by atoms with Crippen LogP contribution in [0.5, 0.6) is 0 Å². The molecule has 0 spiro atoms. The first-order valence-electron chi connectivity index (χ1n) is 6.61. The second-order valence-electron chi connectivity index (χ2n) is 5.06. The lowest BCUT2D eigenvalue weighted by Crippen LogP contribution is -2.45. The number of methoxy groups -OCH3 is 1. The summed E-state index contributed by atoms with van der Waals surface area (Å²) in [6.45, 7) is 3.13. The molecule has 112 valence electrons. The Bertz CT molecular complexity index is 397. The van der Waals surface area contributed by atoms with Crippen LogP contribution in [0.2, 0.25) is 0 Å². The molecule has 1 fully saturated rings. The zero-order chi connectivity index (χ0) is 14.5. The monoisotopic (exact) mass is 292 g/mol. The van der Waals surface area contributed by atoms with Gasteiger partial charge in [0.05, 0.1) is 18.1 Å². The molecule has 1 aliphatic rings. The van der Waals surface area contributed by atoms with Gasteiger partial charge in [-0.3, -0.25) is 4.79 Å². The number of rotatable bonds is 7. The lowest BCUT2D eigenvalue weighted by Gasteiger charge is -2.30. The van der Waals surface area contributed by atoms with Gasteiger partial charge in [0, 0.05) is 25.6 Å². The van der Waals surface area contributed by atoms with Crippen molar-refractivity contribution >= 4 is 15.7 Å². The Morgan fingerprint density at radius 1 is 1.53 bits per heavy atom. The van der Waals surface area contributed by atoms with Crippen molar-refractivity contribution in [1.29, 1.82) is 0 Å². The Morgan fingerprint density at radius 2 is 2.21 bits per heavy atom. The molecular formula is C12H24N2O4S. The van der Waals surface area contributed by atoms with Gasteiger partial charge in [-0.25, -0.2) is 8.42 Å². The minimum Gasteiger partial charge on any atom is -0.383 e. The van der Waals surface area contributed by atoms with Gasteiger partial charge in [0.2, 0.25) is 5.91 Å². The van der Waals surface area contributed by atoms with Gasteiger partial charge in [0.15, 0.2) is 9.84 Å². The number of nitrogens with zero attached hydrogens (tertiary/aromatic N) is 1. The summed E-state index contributed by atoms with van der Waals surface area (Å²) in [5, 5.41) is 0. The number of amides is 1. The second kappa shape index (κ2) is 7.21. The SMILES string of the molecule is COCCN(C(=O)C(C)CCN)C1CCS(=O)(=O)C1. The van der Waals surface area contributed by atoms with Crippen LogP contribution in [-0.2, 0) is 19.4 Å². The van der Waals surface area contributed by atoms with Crippen LogP contribution in [-0.4, -0.2) is 63.6 Å². The van der Waals surface area contributed by atoms with Gasteiger partial charge in [-0.1, -0.05) is 6.92 Å². The minimum absolute atomic E-state index is 0.0235. The van der Waals surface area contributed by atoms with Crippen molar-refractivity contribution in [2.75, 3.05) is 38.3 Å². The lowest BCUT2D eigenvalue weighted by molar-refractivity contribution is -0.137. The first-order chi connectivity index (χ1) is 8.91. The smallest absolute Gasteiger partial charge is 0.225 e. The van der Waals surface area contributed by atoms with Crippen LogP contribution < -0.4 is 5.73 Å². The zero-order valence-corrected chi connectivity index (χ0v) is 12.5. The molecule has 1 saturated heterocycles. The van der Waals surface area contributed by atoms with Crippen LogP contribution in [0.15, 0.2) is 0 Å². The Morgan fingerprint density at radius 3 is 2.68 bits per heavy atom. The molecule has 0 saturated carbocycles. The van der Waals surface area contributed by atoms with E-state index in [0.717, 1.165) is 0 Å². The van der Waals surface area contributed by atoms with E-state index < -0.39 is 9.84 Å². The maximum absolute atomic E-state index is 12.4. The van der Waals surface area contributed by atoms with E-state index >= 15 is 0 Å². The van der Waals surface area contributed by atoms with Crippen molar-refractivity contribution in [2.24, 2.45) is 11.7 Å². The summed E-state index contributed by atoms with van der Waals surface area (Å²) in [6, 6.07) is -0.215. The molecule has 0 aromatic heterocycles. The number of carbonyl (C=O) groups excluding carboxylic acids is 1. The number of sulfone groups is 1. The summed E-state index contributed by atoms with van der Waals surface area (Å²) < 4.78 is 28.1. The van der Waals surface area contributed by atoms with Gasteiger partial charge in [-0.05, 0) is 19.4 Å². The summed E-state index contributed by atoms with van der Waals surface area (Å²) in [6.07, 6.45) is 1.13. The van der Waals surface area contributed by atoms with Crippen molar-refractivity contribution in [3.05, 3.63) is 0 Å². The molecule has 2 N–H and O–H groups in total. The average molecular weight is 292 g/mol. The van der Waals surface area contributed by atoms with Crippen molar-refractivity contribution < 1.29 is 17.9 Å². The van der Waals surface area contributed by atoms with Gasteiger partial charge in [-0.15, -0.1) is 0 Å². The lowest BCUT2D eigenvalue weighted by atomic mass is 10.0. The average Bonchev–Trinajstić information content (AvgIpc) is 2.70. The molecule has 1 heterocycles. The number of hydrogen-bond donors (Lipinski definition) is 1. The minimum atomic E-state index is -3.00. The van der Waals surface area contributed by atoms with Gasteiger partial charge in [0.1, 0.15) is 0 Å². The highest BCUT2D eigenvalue weighted by molar-refractivity contribution is 7.91. The molecule has 19 heavy (non-hydrogen) atoms. The van der Waals surface area contributed by atoms with E-state index in [1.54, 1.807) is 12.0 Å². The fourth-order valence-electron chi connectivity index (χ4n) is 2.34. The summed E-state index contributed by atoms with van der Waals surface area (Å²) in [4.78, 5) is 14.0. The summed E-state index contributed by atoms with van der Waals surface area (Å²) >= 11 is 0. The Labute approximate surface area is 115 Å². The third-order valence-electron chi connectivity index (χ3n) is 3.49. The van der Waals surface area contributed by atoms with Gasteiger partial charge in [0.25, 0.3) is 0 Å². The molecule has 0 aromatic carbocycles. The highest BCUT2D eigenvalue weighted by Gasteiger charge is 2.35. The van der Waals surface area contributed by atoms with Crippen LogP contribution in [0, 0.1) is 5.92 Å². The molecule has 0 radical (unpaired) electrons. The normalized spacial score (nSPS) is 23.2. The predicted molar refractivity (Wildman–Crippen MR) is 73.5 cm³/mol. The molecule has 0 aliphatic carbocycles. The maximum atomic E-state index is 12.4. The van der Waals surface area contributed by atoms with E-state index in [-0.39, 0.29) is 29.4 Å². The van der Waals surface area contributed by atoms with Gasteiger partial charge >= 0.3 is 0 Å². The molecule has 1 aliphatic heterocycles. The molecule has 7 heteroatoms. The van der Waals surface area contributed by atoms with Crippen molar-refractivity contribution in [2.45, 2.75) is 25.8 Å². The van der Waals surface area contributed by atoms with E-state index in [2.05, 4.69) is 0 Å². The van der Waals surface area contributed by atoms with E-state index in [4.69, 9.17) is 10.5 Å². The van der Waals surface area contributed by atoms with Crippen LogP contribution in [0.25, 0.3) is 0 Å². The Balaban J connectivity index is 2.74. The van der Waals surface area contributed by atoms with Crippen LogP contribution >= 0.6 is 0 Å². The summed E-state index contributed by atoms with van der Waals surface area (Å²) in [5.74, 6) is 0.0343. The summed E-state index contributed by atoms with van der Waals surface area (Å²) in [7, 11) is -1.43. The van der Waals surface area contributed by atoms with E-state index in [1.165, 1.54) is 0 Å². The summed E-state index contributed by atoms with van der Waals surface area (Å²) in [5.41, 5.74) is 5.47. The molecular weight excluding hydrogens is 268 g/mol. The fraction of sp³-hybridized carbons (Fsp3) is 0.917. The largest absolute Gasteiger partial charge is 0.383 e. The molecule has 0 aromatic rings. The first kappa shape index (κ1) is 16.4. The standard InChI is InChI=1S/C12H24N2O4S/c1-10(3-5-13)12(15)14(6-7-18-2)11-4-8-19(16,17)9-11/h10-11H,3-9,13H2,1-2H3. The Hall–Kier alpha value is -0.660. The molecule has 2 unspecified atom stereocenters. The van der Waals surface area contributed by atoms with Crippen LogP contribution in [0.1, 0.15) is 19.8 Å². The van der Waals surface area contributed by atoms with Crippen LogP contribution in [0.3, 0.4) is 0 Å². The third kappa shape index (κ3) is 4.74. The molecule has 1 rings (SSSR count). The van der Waals surface area contributed by atoms with Gasteiger partial charge < -0.3 is 15.4 Å². The molecule has 0 bridgehead atoms. The van der Waals surface area contributed by atoms with Crippen molar-refractivity contribution in [1.82, 2.24) is 4.90 Å². The van der Waals surface area contributed by atoms with Crippen molar-refractivity contribution in [3.8, 4) is 0 Å². The van der Waals surface area contributed by atoms with Gasteiger partial charge in [-0.2, -0.15) is 0 Å². The molecule has 6 nitrogen and oxygen atoms in total. The quantitative estimate of drug-likeness (QED) is 0.691. The third-order valence-corrected chi connectivity index (χ3v) is 5.24. The highest BCUT2D eigenvalue weighted by Crippen LogP contribution is 2.20. The first-order valence-corrected chi connectivity index (χ1v) is 8.43. The Kier molecular flexibility index (Phi) is 6.22. The second-order valence-corrected chi connectivity index (χ2v) is 7.29. The van der Waals surface area contributed by atoms with Crippen molar-refractivity contribution in [3.63, 3.8) is 0 Å². The van der Waals surface area contributed by atoms with E-state index in [9.17, 15) is 13.2 Å². The van der Waals surface area contributed by atoms with E-state index in [1.807, 2.05) is 6.92 Å². The zero-order valence-electron chi connectivity index (χ0n) is 11.7. The fourth-order valence-corrected chi connectivity index (χ4v) is 4.07.